The van der Waals surface area contributed by atoms with Crippen molar-refractivity contribution in [1.82, 2.24) is 19.7 Å². The molecule has 1 N–H and O–H groups in total. The zero-order valence-corrected chi connectivity index (χ0v) is 19.4. The van der Waals surface area contributed by atoms with E-state index in [0.717, 1.165) is 27.7 Å². The van der Waals surface area contributed by atoms with Gasteiger partial charge in [0.25, 0.3) is 5.91 Å². The van der Waals surface area contributed by atoms with Gasteiger partial charge >= 0.3 is 5.97 Å². The summed E-state index contributed by atoms with van der Waals surface area (Å²) in [6.45, 7) is 3.00. The van der Waals surface area contributed by atoms with Crippen molar-refractivity contribution >= 4 is 34.4 Å². The van der Waals surface area contributed by atoms with Crippen molar-refractivity contribution in [2.24, 2.45) is 0 Å². The van der Waals surface area contributed by atoms with E-state index in [1.807, 2.05) is 6.07 Å². The summed E-state index contributed by atoms with van der Waals surface area (Å²) in [6, 6.07) is 11.5. The summed E-state index contributed by atoms with van der Waals surface area (Å²) in [4.78, 5) is 30.6. The summed E-state index contributed by atoms with van der Waals surface area (Å²) in [6.07, 6.45) is 0.656. The molecular weight excluding hydrogens is 459 g/mol. The van der Waals surface area contributed by atoms with Crippen LogP contribution < -0.4 is 0 Å². The number of benzene rings is 2. The highest BCUT2D eigenvalue weighted by Crippen LogP contribution is 2.31. The second-order valence-electron chi connectivity index (χ2n) is 8.35. The molecule has 0 bridgehead atoms. The van der Waals surface area contributed by atoms with Crippen LogP contribution >= 0.6 is 11.6 Å². The molecule has 1 aliphatic heterocycles. The van der Waals surface area contributed by atoms with Gasteiger partial charge in [0, 0.05) is 41.7 Å². The summed E-state index contributed by atoms with van der Waals surface area (Å²) in [7, 11) is 1.35. The van der Waals surface area contributed by atoms with E-state index >= 15 is 0 Å². The quantitative estimate of drug-likeness (QED) is 0.436. The fraction of sp³-hybridized carbons (Fsp3) is 0.240. The first kappa shape index (κ1) is 22.2. The molecule has 0 aliphatic carbocycles. The van der Waals surface area contributed by atoms with Crippen molar-refractivity contribution in [2.45, 2.75) is 26.4 Å². The predicted octanol–water partition coefficient (Wildman–Crippen LogP) is 4.50. The number of carbonyl (C=O) groups is 2. The SMILES string of the molecule is COC(=O)c1ccc2[nH]c3c(c2c1)CN(C(=O)c1c(C)nn(Cc2ccc(F)cc2)c1Cl)CC3. The van der Waals surface area contributed by atoms with Gasteiger partial charge in [-0.15, -0.1) is 0 Å². The smallest absolute Gasteiger partial charge is 0.337 e. The zero-order valence-electron chi connectivity index (χ0n) is 18.7. The lowest BCUT2D eigenvalue weighted by atomic mass is 10.0. The molecule has 34 heavy (non-hydrogen) atoms. The summed E-state index contributed by atoms with van der Waals surface area (Å²) in [5.74, 6) is -0.920. The minimum absolute atomic E-state index is 0.197. The number of methoxy groups -OCH3 is 1. The van der Waals surface area contributed by atoms with E-state index in [4.69, 9.17) is 16.3 Å². The number of rotatable bonds is 4. The van der Waals surface area contributed by atoms with Gasteiger partial charge in [-0.1, -0.05) is 23.7 Å². The van der Waals surface area contributed by atoms with E-state index < -0.39 is 5.97 Å². The largest absolute Gasteiger partial charge is 0.465 e. The van der Waals surface area contributed by atoms with Gasteiger partial charge in [-0.2, -0.15) is 5.10 Å². The molecule has 2 aromatic carbocycles. The maximum Gasteiger partial charge on any atom is 0.337 e. The molecule has 0 radical (unpaired) electrons. The van der Waals surface area contributed by atoms with E-state index in [9.17, 15) is 14.0 Å². The number of nitrogens with one attached hydrogen (secondary N) is 1. The van der Waals surface area contributed by atoms with Gasteiger partial charge in [-0.25, -0.2) is 13.9 Å². The number of carbonyl (C=O) groups excluding carboxylic acids is 2. The first-order chi connectivity index (χ1) is 16.4. The van der Waals surface area contributed by atoms with Crippen LogP contribution in [-0.4, -0.2) is 45.2 Å². The van der Waals surface area contributed by atoms with Gasteiger partial charge in [0.1, 0.15) is 11.0 Å². The number of ether oxygens (including phenoxy) is 1. The van der Waals surface area contributed by atoms with E-state index in [1.165, 1.54) is 19.2 Å². The Bertz CT molecular complexity index is 1420. The van der Waals surface area contributed by atoms with Crippen LogP contribution in [0.5, 0.6) is 0 Å². The Labute approximate surface area is 200 Å². The molecule has 5 rings (SSSR count). The maximum absolute atomic E-state index is 13.5. The Morgan fingerprint density at radius 1 is 1.21 bits per heavy atom. The monoisotopic (exact) mass is 480 g/mol. The number of aromatic nitrogens is 3. The molecule has 0 spiro atoms. The molecule has 2 aromatic heterocycles. The molecule has 0 unspecified atom stereocenters. The van der Waals surface area contributed by atoms with Crippen LogP contribution in [0.1, 0.15) is 43.2 Å². The number of nitrogens with zero attached hydrogens (tertiary/aromatic N) is 3. The second-order valence-corrected chi connectivity index (χ2v) is 8.70. The average molecular weight is 481 g/mol. The van der Waals surface area contributed by atoms with Crippen LogP contribution in [0, 0.1) is 12.7 Å². The lowest BCUT2D eigenvalue weighted by molar-refractivity contribution is 0.0600. The number of H-pyrrole nitrogens is 1. The number of halogens is 2. The number of aromatic amines is 1. The molecule has 7 nitrogen and oxygen atoms in total. The Morgan fingerprint density at radius 2 is 1.97 bits per heavy atom. The van der Waals surface area contributed by atoms with Crippen LogP contribution in [0.3, 0.4) is 0 Å². The highest BCUT2D eigenvalue weighted by molar-refractivity contribution is 6.33. The Morgan fingerprint density at radius 3 is 2.71 bits per heavy atom. The first-order valence-corrected chi connectivity index (χ1v) is 11.2. The molecule has 1 aliphatic rings. The molecule has 3 heterocycles. The van der Waals surface area contributed by atoms with E-state index in [1.54, 1.807) is 40.8 Å². The highest BCUT2D eigenvalue weighted by Gasteiger charge is 2.29. The standard InChI is InChI=1S/C25H22ClFN4O3/c1-14-22(23(26)31(29-14)12-15-3-6-17(27)7-4-15)24(32)30-10-9-21-19(13-30)18-11-16(25(33)34-2)5-8-20(18)28-21/h3-8,11,28H,9-10,12-13H2,1-2H3. The Hall–Kier alpha value is -3.65. The first-order valence-electron chi connectivity index (χ1n) is 10.8. The van der Waals surface area contributed by atoms with Crippen molar-refractivity contribution in [3.63, 3.8) is 0 Å². The van der Waals surface area contributed by atoms with E-state index in [0.29, 0.717) is 42.9 Å². The highest BCUT2D eigenvalue weighted by atomic mass is 35.5. The molecule has 9 heteroatoms. The summed E-state index contributed by atoms with van der Waals surface area (Å²) in [5, 5.41) is 5.60. The zero-order chi connectivity index (χ0) is 24.0. The van der Waals surface area contributed by atoms with Crippen LogP contribution in [0.4, 0.5) is 4.39 Å². The van der Waals surface area contributed by atoms with Gasteiger partial charge in [0.2, 0.25) is 0 Å². The number of fused-ring (bicyclic) bond motifs is 3. The molecule has 1 amide bonds. The van der Waals surface area contributed by atoms with Crippen molar-refractivity contribution in [3.8, 4) is 0 Å². The van der Waals surface area contributed by atoms with Crippen molar-refractivity contribution in [3.05, 3.63) is 87.1 Å². The number of hydrogen-bond donors (Lipinski definition) is 1. The fourth-order valence-electron chi connectivity index (χ4n) is 4.45. The number of aryl methyl sites for hydroxylation is 1. The van der Waals surface area contributed by atoms with Gasteiger partial charge in [0.15, 0.2) is 0 Å². The number of amides is 1. The van der Waals surface area contributed by atoms with Gasteiger partial charge in [0.05, 0.1) is 30.5 Å². The van der Waals surface area contributed by atoms with Gasteiger partial charge in [-0.05, 0) is 42.8 Å². The third-order valence-electron chi connectivity index (χ3n) is 6.21. The summed E-state index contributed by atoms with van der Waals surface area (Å²) in [5.41, 5.74) is 5.13. The van der Waals surface area contributed by atoms with Crippen molar-refractivity contribution < 1.29 is 18.7 Å². The molecular formula is C25H22ClFN4O3. The number of esters is 1. The molecule has 0 atom stereocenters. The number of hydrogen-bond acceptors (Lipinski definition) is 4. The molecule has 0 fully saturated rings. The summed E-state index contributed by atoms with van der Waals surface area (Å²) < 4.78 is 19.6. The Kier molecular flexibility index (Phi) is 5.61. The molecule has 174 valence electrons. The van der Waals surface area contributed by atoms with E-state index in [-0.39, 0.29) is 16.9 Å². The third-order valence-corrected chi connectivity index (χ3v) is 6.59. The van der Waals surface area contributed by atoms with Crippen LogP contribution in [0.15, 0.2) is 42.5 Å². The van der Waals surface area contributed by atoms with Crippen molar-refractivity contribution in [1.29, 1.82) is 0 Å². The Balaban J connectivity index is 1.43. The second kappa shape index (κ2) is 8.61. The minimum Gasteiger partial charge on any atom is -0.465 e. The lowest BCUT2D eigenvalue weighted by Gasteiger charge is -2.27. The molecule has 4 aromatic rings. The minimum atomic E-state index is -0.406. The normalized spacial score (nSPS) is 13.2. The van der Waals surface area contributed by atoms with Gasteiger partial charge < -0.3 is 14.6 Å². The third kappa shape index (κ3) is 3.84. The maximum atomic E-state index is 13.5. The molecule has 0 saturated carbocycles. The fourth-order valence-corrected chi connectivity index (χ4v) is 4.77. The lowest BCUT2D eigenvalue weighted by Crippen LogP contribution is -2.36. The van der Waals surface area contributed by atoms with Crippen LogP contribution in [0.25, 0.3) is 10.9 Å². The predicted molar refractivity (Wildman–Crippen MR) is 126 cm³/mol. The topological polar surface area (TPSA) is 80.2 Å². The average Bonchev–Trinajstić information content (AvgIpc) is 3.34. The van der Waals surface area contributed by atoms with E-state index in [2.05, 4.69) is 10.1 Å². The van der Waals surface area contributed by atoms with Crippen molar-refractivity contribution in [2.75, 3.05) is 13.7 Å². The van der Waals surface area contributed by atoms with Gasteiger partial charge in [-0.3, -0.25) is 4.79 Å². The molecule has 0 saturated heterocycles. The van der Waals surface area contributed by atoms with Crippen LogP contribution in [0.2, 0.25) is 5.15 Å². The summed E-state index contributed by atoms with van der Waals surface area (Å²) >= 11 is 6.59. The van der Waals surface area contributed by atoms with Crippen LogP contribution in [-0.2, 0) is 24.2 Å².